The van der Waals surface area contributed by atoms with E-state index in [0.29, 0.717) is 0 Å². The molecular weight excluding hydrogens is 268 g/mol. The predicted octanol–water partition coefficient (Wildman–Crippen LogP) is 4.06. The molecule has 1 aliphatic heterocycles. The summed E-state index contributed by atoms with van der Waals surface area (Å²) in [7, 11) is 0. The molecule has 0 unspecified atom stereocenters. The lowest BCUT2D eigenvalue weighted by Gasteiger charge is -2.25. The average Bonchev–Trinajstić information content (AvgIpc) is 2.86. The first-order valence-corrected chi connectivity index (χ1v) is 7.29. The third-order valence-corrected chi connectivity index (χ3v) is 4.42. The van der Waals surface area contributed by atoms with Gasteiger partial charge in [0.1, 0.15) is 0 Å². The molecule has 3 aromatic rings. The fraction of sp³-hybridized carbons (Fsp3) is 0.176. The van der Waals surface area contributed by atoms with Crippen LogP contribution in [0.3, 0.4) is 0 Å². The van der Waals surface area contributed by atoms with E-state index < -0.39 is 0 Å². The maximum atomic E-state index is 6.37. The number of benzene rings is 2. The second-order valence-electron chi connectivity index (χ2n) is 5.22. The second-order valence-corrected chi connectivity index (χ2v) is 5.63. The van der Waals surface area contributed by atoms with Crippen LogP contribution >= 0.6 is 11.6 Å². The molecule has 100 valence electrons. The third kappa shape index (κ3) is 1.76. The Morgan fingerprint density at radius 2 is 1.80 bits per heavy atom. The van der Waals surface area contributed by atoms with Crippen molar-refractivity contribution < 1.29 is 0 Å². The van der Waals surface area contributed by atoms with Gasteiger partial charge < -0.3 is 10.3 Å². The number of rotatable bonds is 1. The lowest BCUT2D eigenvalue weighted by molar-refractivity contribution is 0.560. The van der Waals surface area contributed by atoms with Crippen LogP contribution in [0, 0.1) is 0 Å². The number of aromatic amines is 1. The number of aromatic nitrogens is 1. The van der Waals surface area contributed by atoms with E-state index in [0.717, 1.165) is 23.6 Å². The highest BCUT2D eigenvalue weighted by molar-refractivity contribution is 6.31. The summed E-state index contributed by atoms with van der Waals surface area (Å²) < 4.78 is 0. The highest BCUT2D eigenvalue weighted by atomic mass is 35.5. The second kappa shape index (κ2) is 4.65. The minimum atomic E-state index is 0.153. The summed E-state index contributed by atoms with van der Waals surface area (Å²) in [4.78, 5) is 3.57. The van der Waals surface area contributed by atoms with Gasteiger partial charge in [-0.25, -0.2) is 0 Å². The molecule has 0 fully saturated rings. The summed E-state index contributed by atoms with van der Waals surface area (Å²) in [6.07, 6.45) is 1.06. The van der Waals surface area contributed by atoms with Crippen LogP contribution in [0.2, 0.25) is 5.02 Å². The zero-order chi connectivity index (χ0) is 13.5. The van der Waals surface area contributed by atoms with Gasteiger partial charge in [-0.1, -0.05) is 48.0 Å². The fourth-order valence-electron chi connectivity index (χ4n) is 3.15. The van der Waals surface area contributed by atoms with Crippen molar-refractivity contribution in [2.24, 2.45) is 0 Å². The predicted molar refractivity (Wildman–Crippen MR) is 83.3 cm³/mol. The third-order valence-electron chi connectivity index (χ3n) is 4.08. The summed E-state index contributed by atoms with van der Waals surface area (Å²) in [5.74, 6) is 0. The first kappa shape index (κ1) is 12.0. The lowest BCUT2D eigenvalue weighted by Crippen LogP contribution is -2.30. The Morgan fingerprint density at radius 3 is 2.70 bits per heavy atom. The van der Waals surface area contributed by atoms with Crippen molar-refractivity contribution in [1.82, 2.24) is 10.3 Å². The van der Waals surface area contributed by atoms with Gasteiger partial charge in [0.15, 0.2) is 0 Å². The van der Waals surface area contributed by atoms with Crippen molar-refractivity contribution in [2.45, 2.75) is 12.5 Å². The van der Waals surface area contributed by atoms with Crippen molar-refractivity contribution >= 4 is 22.5 Å². The molecule has 0 radical (unpaired) electrons. The molecule has 0 amide bonds. The van der Waals surface area contributed by atoms with E-state index in [1.165, 1.54) is 22.2 Å². The Labute approximate surface area is 122 Å². The van der Waals surface area contributed by atoms with Crippen LogP contribution in [0.15, 0.2) is 48.5 Å². The zero-order valence-electron chi connectivity index (χ0n) is 11.0. The van der Waals surface area contributed by atoms with Crippen molar-refractivity contribution in [1.29, 1.82) is 0 Å². The number of para-hydroxylation sites is 1. The molecule has 0 saturated carbocycles. The topological polar surface area (TPSA) is 27.8 Å². The molecule has 4 rings (SSSR count). The van der Waals surface area contributed by atoms with E-state index in [9.17, 15) is 0 Å². The Bertz CT molecular complexity index is 776. The van der Waals surface area contributed by atoms with Crippen LogP contribution in [-0.2, 0) is 6.42 Å². The van der Waals surface area contributed by atoms with Gasteiger partial charge in [0.05, 0.1) is 6.04 Å². The van der Waals surface area contributed by atoms with Crippen LogP contribution in [0.25, 0.3) is 10.9 Å². The smallest absolute Gasteiger partial charge is 0.0746 e. The van der Waals surface area contributed by atoms with Crippen molar-refractivity contribution in [2.75, 3.05) is 6.54 Å². The quantitative estimate of drug-likeness (QED) is 0.692. The lowest BCUT2D eigenvalue weighted by atomic mass is 9.94. The van der Waals surface area contributed by atoms with Crippen LogP contribution in [0.4, 0.5) is 0 Å². The number of nitrogens with one attached hydrogen (secondary N) is 2. The molecule has 0 aliphatic carbocycles. The van der Waals surface area contributed by atoms with Crippen LogP contribution in [-0.4, -0.2) is 11.5 Å². The zero-order valence-corrected chi connectivity index (χ0v) is 11.7. The first-order chi connectivity index (χ1) is 9.84. The van der Waals surface area contributed by atoms with E-state index in [1.807, 2.05) is 18.2 Å². The maximum absolute atomic E-state index is 6.37. The van der Waals surface area contributed by atoms with Gasteiger partial charge >= 0.3 is 0 Å². The average molecular weight is 283 g/mol. The summed E-state index contributed by atoms with van der Waals surface area (Å²) in [6, 6.07) is 16.7. The Balaban J connectivity index is 1.92. The highest BCUT2D eigenvalue weighted by Gasteiger charge is 2.26. The molecular formula is C17H15ClN2. The standard InChI is InChI=1S/C17H15ClN2/c18-14-7-3-1-6-13(14)16-17-12(9-10-19-16)11-5-2-4-8-15(11)20-17/h1-8,16,19-20H,9-10H2/t16-/m1/s1. The largest absolute Gasteiger partial charge is 0.357 e. The van der Waals surface area contributed by atoms with Gasteiger partial charge in [-0.05, 0) is 29.7 Å². The summed E-state index contributed by atoms with van der Waals surface area (Å²) in [5.41, 5.74) is 5.02. The van der Waals surface area contributed by atoms with Crippen molar-refractivity contribution in [3.8, 4) is 0 Å². The summed E-state index contributed by atoms with van der Waals surface area (Å²) in [5, 5.41) is 5.73. The summed E-state index contributed by atoms with van der Waals surface area (Å²) >= 11 is 6.37. The molecule has 3 heteroatoms. The van der Waals surface area contributed by atoms with Crippen LogP contribution in [0.1, 0.15) is 22.9 Å². The molecule has 2 heterocycles. The minimum Gasteiger partial charge on any atom is -0.357 e. The molecule has 2 N–H and O–H groups in total. The monoisotopic (exact) mass is 282 g/mol. The Hall–Kier alpha value is -1.77. The summed E-state index contributed by atoms with van der Waals surface area (Å²) in [6.45, 7) is 0.977. The molecule has 2 nitrogen and oxygen atoms in total. The highest BCUT2D eigenvalue weighted by Crippen LogP contribution is 2.35. The minimum absolute atomic E-state index is 0.153. The van der Waals surface area contributed by atoms with Gasteiger partial charge in [0.2, 0.25) is 0 Å². The van der Waals surface area contributed by atoms with Gasteiger partial charge in [-0.3, -0.25) is 0 Å². The molecule has 0 bridgehead atoms. The van der Waals surface area contributed by atoms with E-state index in [-0.39, 0.29) is 6.04 Å². The fourth-order valence-corrected chi connectivity index (χ4v) is 3.40. The molecule has 1 aromatic heterocycles. The molecule has 1 atom stereocenters. The Kier molecular flexibility index (Phi) is 2.79. The van der Waals surface area contributed by atoms with Crippen LogP contribution < -0.4 is 5.32 Å². The Morgan fingerprint density at radius 1 is 1.00 bits per heavy atom. The van der Waals surface area contributed by atoms with E-state index in [1.54, 1.807) is 0 Å². The molecule has 0 saturated heterocycles. The number of halogens is 1. The van der Waals surface area contributed by atoms with Crippen LogP contribution in [0.5, 0.6) is 0 Å². The van der Waals surface area contributed by atoms with E-state index in [2.05, 4.69) is 40.6 Å². The normalized spacial score (nSPS) is 18.1. The van der Waals surface area contributed by atoms with Crippen molar-refractivity contribution in [3.05, 3.63) is 70.4 Å². The maximum Gasteiger partial charge on any atom is 0.0746 e. The SMILES string of the molecule is Clc1ccccc1[C@H]1NCCc2c1[nH]c1ccccc21. The molecule has 20 heavy (non-hydrogen) atoms. The first-order valence-electron chi connectivity index (χ1n) is 6.92. The number of H-pyrrole nitrogens is 1. The molecule has 1 aliphatic rings. The number of fused-ring (bicyclic) bond motifs is 3. The van der Waals surface area contributed by atoms with Gasteiger partial charge in [-0.2, -0.15) is 0 Å². The van der Waals surface area contributed by atoms with E-state index >= 15 is 0 Å². The van der Waals surface area contributed by atoms with Gasteiger partial charge in [0, 0.05) is 28.2 Å². The molecule has 2 aromatic carbocycles. The van der Waals surface area contributed by atoms with Crippen molar-refractivity contribution in [3.63, 3.8) is 0 Å². The van der Waals surface area contributed by atoms with Gasteiger partial charge in [0.25, 0.3) is 0 Å². The van der Waals surface area contributed by atoms with Gasteiger partial charge in [-0.15, -0.1) is 0 Å². The number of hydrogen-bond donors (Lipinski definition) is 2. The van der Waals surface area contributed by atoms with E-state index in [4.69, 9.17) is 11.6 Å². The number of hydrogen-bond acceptors (Lipinski definition) is 1. The molecule has 0 spiro atoms.